The molecule has 1 saturated heterocycles. The van der Waals surface area contributed by atoms with Gasteiger partial charge in [-0.25, -0.2) is 0 Å². The number of carbonyl (C=O) groups excluding carboxylic acids is 1. The predicted octanol–water partition coefficient (Wildman–Crippen LogP) is 2.43. The van der Waals surface area contributed by atoms with Gasteiger partial charge >= 0.3 is 0 Å². The molecule has 1 heterocycles. The third-order valence-corrected chi connectivity index (χ3v) is 5.52. The van der Waals surface area contributed by atoms with E-state index in [0.717, 1.165) is 42.5 Å². The smallest absolute Gasteiger partial charge is 0.255 e. The first kappa shape index (κ1) is 19.2. The molecule has 1 aliphatic heterocycles. The molecule has 128 valence electrons. The molecule has 1 fully saturated rings. The lowest BCUT2D eigenvalue weighted by molar-refractivity contribution is 0.0943. The van der Waals surface area contributed by atoms with Crippen molar-refractivity contribution in [1.29, 1.82) is 0 Å². The SMILES string of the molecule is O=C(NCCCN1CCCC(CO)C1)c1cc(I)cc(I)c1O. The van der Waals surface area contributed by atoms with Gasteiger partial charge in [0.25, 0.3) is 5.91 Å². The Balaban J connectivity index is 1.77. The second-order valence-electron chi connectivity index (χ2n) is 5.88. The zero-order valence-corrected chi connectivity index (χ0v) is 17.2. The van der Waals surface area contributed by atoms with Gasteiger partial charge in [-0.15, -0.1) is 0 Å². The summed E-state index contributed by atoms with van der Waals surface area (Å²) in [4.78, 5) is 14.5. The highest BCUT2D eigenvalue weighted by Gasteiger charge is 2.19. The first-order valence-electron chi connectivity index (χ1n) is 7.80. The number of aliphatic hydroxyl groups excluding tert-OH is 1. The molecule has 2 rings (SSSR count). The van der Waals surface area contributed by atoms with E-state index in [1.807, 2.05) is 28.7 Å². The molecular formula is C16H22I2N2O3. The number of likely N-dealkylation sites (tertiary alicyclic amines) is 1. The zero-order chi connectivity index (χ0) is 16.8. The average Bonchev–Trinajstić information content (AvgIpc) is 2.55. The van der Waals surface area contributed by atoms with Crippen molar-refractivity contribution in [3.63, 3.8) is 0 Å². The number of aliphatic hydroxyl groups is 1. The van der Waals surface area contributed by atoms with Crippen LogP contribution >= 0.6 is 45.2 Å². The summed E-state index contributed by atoms with van der Waals surface area (Å²) in [5.74, 6) is 0.208. The number of amides is 1. The molecule has 0 aliphatic carbocycles. The van der Waals surface area contributed by atoms with E-state index in [9.17, 15) is 15.0 Å². The summed E-state index contributed by atoms with van der Waals surface area (Å²) in [6, 6.07) is 3.53. The van der Waals surface area contributed by atoms with E-state index in [-0.39, 0.29) is 18.3 Å². The van der Waals surface area contributed by atoms with E-state index in [2.05, 4.69) is 32.8 Å². The minimum absolute atomic E-state index is 0.0466. The Labute approximate surface area is 164 Å². The molecule has 1 aliphatic rings. The third-order valence-electron chi connectivity index (χ3n) is 4.07. The van der Waals surface area contributed by atoms with Crippen molar-refractivity contribution >= 4 is 51.1 Å². The number of nitrogens with one attached hydrogen (secondary N) is 1. The lowest BCUT2D eigenvalue weighted by atomic mass is 9.99. The summed E-state index contributed by atoms with van der Waals surface area (Å²) >= 11 is 4.16. The van der Waals surface area contributed by atoms with E-state index >= 15 is 0 Å². The van der Waals surface area contributed by atoms with Gasteiger partial charge in [-0.05, 0) is 95.6 Å². The lowest BCUT2D eigenvalue weighted by Gasteiger charge is -2.31. The van der Waals surface area contributed by atoms with Crippen LogP contribution in [0.1, 0.15) is 29.6 Å². The maximum absolute atomic E-state index is 12.2. The highest BCUT2D eigenvalue weighted by Crippen LogP contribution is 2.26. The first-order valence-corrected chi connectivity index (χ1v) is 9.96. The maximum Gasteiger partial charge on any atom is 0.255 e. The normalized spacial score (nSPS) is 18.8. The van der Waals surface area contributed by atoms with Gasteiger partial charge in [0.15, 0.2) is 0 Å². The zero-order valence-electron chi connectivity index (χ0n) is 12.9. The number of nitrogens with zero attached hydrogens (tertiary/aromatic N) is 1. The van der Waals surface area contributed by atoms with Crippen molar-refractivity contribution in [2.45, 2.75) is 19.3 Å². The van der Waals surface area contributed by atoms with Gasteiger partial charge in [0.2, 0.25) is 0 Å². The van der Waals surface area contributed by atoms with Crippen molar-refractivity contribution in [2.75, 3.05) is 32.8 Å². The quantitative estimate of drug-likeness (QED) is 0.381. The number of piperidine rings is 1. The molecule has 7 heteroatoms. The number of phenolic OH excluding ortho intramolecular Hbond substituents is 1. The highest BCUT2D eigenvalue weighted by molar-refractivity contribution is 14.1. The summed E-state index contributed by atoms with van der Waals surface area (Å²) in [7, 11) is 0. The van der Waals surface area contributed by atoms with E-state index < -0.39 is 0 Å². The van der Waals surface area contributed by atoms with Crippen molar-refractivity contribution in [3.05, 3.63) is 24.8 Å². The molecule has 0 saturated carbocycles. The minimum atomic E-state index is -0.231. The Hall–Kier alpha value is -0.130. The topological polar surface area (TPSA) is 72.8 Å². The average molecular weight is 544 g/mol. The summed E-state index contributed by atoms with van der Waals surface area (Å²) in [5, 5.41) is 22.1. The van der Waals surface area contributed by atoms with Crippen molar-refractivity contribution in [2.24, 2.45) is 5.92 Å². The Morgan fingerprint density at radius 2 is 2.17 bits per heavy atom. The molecule has 1 amide bonds. The molecule has 0 spiro atoms. The van der Waals surface area contributed by atoms with Crippen LogP contribution in [-0.4, -0.2) is 53.8 Å². The van der Waals surface area contributed by atoms with Crippen LogP contribution < -0.4 is 5.32 Å². The molecule has 5 nitrogen and oxygen atoms in total. The van der Waals surface area contributed by atoms with Crippen LogP contribution in [0.2, 0.25) is 0 Å². The van der Waals surface area contributed by atoms with Crippen LogP contribution in [0.25, 0.3) is 0 Å². The predicted molar refractivity (Wildman–Crippen MR) is 107 cm³/mol. The molecule has 1 aromatic rings. The Bertz CT molecular complexity index is 554. The fourth-order valence-corrected chi connectivity index (χ4v) is 4.69. The number of halogens is 2. The monoisotopic (exact) mass is 544 g/mol. The second kappa shape index (κ2) is 9.38. The fraction of sp³-hybridized carbons (Fsp3) is 0.562. The van der Waals surface area contributed by atoms with E-state index in [1.165, 1.54) is 0 Å². The number of hydrogen-bond acceptors (Lipinski definition) is 4. The van der Waals surface area contributed by atoms with Crippen LogP contribution in [-0.2, 0) is 0 Å². The van der Waals surface area contributed by atoms with Gasteiger partial charge in [0.1, 0.15) is 5.75 Å². The maximum atomic E-state index is 12.2. The summed E-state index contributed by atoms with van der Waals surface area (Å²) in [6.07, 6.45) is 3.10. The van der Waals surface area contributed by atoms with E-state index in [1.54, 1.807) is 6.07 Å². The molecule has 0 aromatic heterocycles. The van der Waals surface area contributed by atoms with Crippen LogP contribution in [0.15, 0.2) is 12.1 Å². The van der Waals surface area contributed by atoms with Gasteiger partial charge < -0.3 is 20.4 Å². The summed E-state index contributed by atoms with van der Waals surface area (Å²) in [6.45, 7) is 3.78. The van der Waals surface area contributed by atoms with Gasteiger partial charge in [-0.2, -0.15) is 0 Å². The van der Waals surface area contributed by atoms with Crippen molar-refractivity contribution in [1.82, 2.24) is 10.2 Å². The number of benzene rings is 1. The van der Waals surface area contributed by atoms with E-state index in [0.29, 0.717) is 21.6 Å². The van der Waals surface area contributed by atoms with Crippen LogP contribution in [0.3, 0.4) is 0 Å². The standard InChI is InChI=1S/C16H22I2N2O3/c17-12-7-13(15(22)14(18)8-12)16(23)19-4-2-6-20-5-1-3-11(9-20)10-21/h7-8,11,21-22H,1-6,9-10H2,(H,19,23). The number of carbonyl (C=O) groups is 1. The first-order chi connectivity index (χ1) is 11.0. The third kappa shape index (κ3) is 5.71. The summed E-state index contributed by atoms with van der Waals surface area (Å²) < 4.78 is 1.61. The molecule has 1 atom stereocenters. The Morgan fingerprint density at radius 3 is 2.91 bits per heavy atom. The van der Waals surface area contributed by atoms with Gasteiger partial charge in [-0.1, -0.05) is 0 Å². The minimum Gasteiger partial charge on any atom is -0.506 e. The van der Waals surface area contributed by atoms with Crippen molar-refractivity contribution in [3.8, 4) is 5.75 Å². The Kier molecular flexibility index (Phi) is 7.83. The molecule has 3 N–H and O–H groups in total. The molecular weight excluding hydrogens is 522 g/mol. The van der Waals surface area contributed by atoms with Crippen LogP contribution in [0, 0.1) is 13.1 Å². The number of rotatable bonds is 6. The molecule has 1 unspecified atom stereocenters. The van der Waals surface area contributed by atoms with Gasteiger partial charge in [0.05, 0.1) is 9.13 Å². The molecule has 0 radical (unpaired) electrons. The van der Waals surface area contributed by atoms with E-state index in [4.69, 9.17) is 0 Å². The molecule has 23 heavy (non-hydrogen) atoms. The Morgan fingerprint density at radius 1 is 1.39 bits per heavy atom. The lowest BCUT2D eigenvalue weighted by Crippen LogP contribution is -2.38. The number of hydrogen-bond donors (Lipinski definition) is 3. The largest absolute Gasteiger partial charge is 0.506 e. The fourth-order valence-electron chi connectivity index (χ4n) is 2.84. The van der Waals surface area contributed by atoms with Gasteiger partial charge in [-0.3, -0.25) is 4.79 Å². The van der Waals surface area contributed by atoms with Crippen molar-refractivity contribution < 1.29 is 15.0 Å². The molecule has 1 aromatic carbocycles. The summed E-state index contributed by atoms with van der Waals surface area (Å²) in [5.41, 5.74) is 0.333. The van der Waals surface area contributed by atoms with Crippen LogP contribution in [0.5, 0.6) is 5.75 Å². The second-order valence-corrected chi connectivity index (χ2v) is 8.29. The highest BCUT2D eigenvalue weighted by atomic mass is 127. The van der Waals surface area contributed by atoms with Crippen LogP contribution in [0.4, 0.5) is 0 Å². The number of aromatic hydroxyl groups is 1. The van der Waals surface area contributed by atoms with Gasteiger partial charge in [0, 0.05) is 23.3 Å². The molecule has 0 bridgehead atoms. The number of phenols is 1.